The highest BCUT2D eigenvalue weighted by Crippen LogP contribution is 2.39. The maximum absolute atomic E-state index is 11.3. The average Bonchev–Trinajstić information content (AvgIpc) is 3.10. The molecule has 0 aliphatic heterocycles. The Morgan fingerprint density at radius 2 is 0.936 bits per heavy atom. The second kappa shape index (κ2) is 14.7. The normalized spacial score (nSPS) is 10.8. The van der Waals surface area contributed by atoms with E-state index in [1.165, 1.54) is 23.6 Å². The van der Waals surface area contributed by atoms with Crippen molar-refractivity contribution < 1.29 is 9.53 Å². The van der Waals surface area contributed by atoms with Crippen LogP contribution in [-0.2, 0) is 16.0 Å². The number of hydrogen-bond acceptors (Lipinski definition) is 4. The Hall–Kier alpha value is -5.61. The minimum absolute atomic E-state index is 0.242. The van der Waals surface area contributed by atoms with Gasteiger partial charge in [0.2, 0.25) is 0 Å². The highest BCUT2D eigenvalue weighted by atomic mass is 16.5. The number of rotatable bonds is 11. The molecule has 0 aliphatic carbocycles. The lowest BCUT2D eigenvalue weighted by molar-refractivity contribution is -0.141. The highest BCUT2D eigenvalue weighted by Gasteiger charge is 2.17. The minimum atomic E-state index is -0.242. The molecule has 0 fully saturated rings. The number of nitrogens with zero attached hydrogens (tertiary/aromatic N) is 2. The van der Waals surface area contributed by atoms with Crippen LogP contribution in [0, 0.1) is 13.8 Å². The molecule has 47 heavy (non-hydrogen) atoms. The van der Waals surface area contributed by atoms with Crippen LogP contribution in [0.2, 0.25) is 0 Å². The number of aryl methyl sites for hydroxylation is 3. The first-order valence-electron chi connectivity index (χ1n) is 16.2. The van der Waals surface area contributed by atoms with Gasteiger partial charge in [-0.15, -0.1) is 0 Å². The van der Waals surface area contributed by atoms with E-state index in [1.807, 2.05) is 6.07 Å². The van der Waals surface area contributed by atoms with Gasteiger partial charge < -0.3 is 14.5 Å². The molecule has 0 heterocycles. The van der Waals surface area contributed by atoms with Crippen LogP contribution in [0.15, 0.2) is 152 Å². The smallest absolute Gasteiger partial charge is 0.302 e. The van der Waals surface area contributed by atoms with Crippen molar-refractivity contribution in [2.45, 2.75) is 33.6 Å². The number of ether oxygens (including phenoxy) is 1. The van der Waals surface area contributed by atoms with Gasteiger partial charge in [-0.2, -0.15) is 0 Å². The van der Waals surface area contributed by atoms with E-state index in [2.05, 4.69) is 169 Å². The van der Waals surface area contributed by atoms with Gasteiger partial charge in [-0.05, 0) is 110 Å². The zero-order valence-corrected chi connectivity index (χ0v) is 27.3. The van der Waals surface area contributed by atoms with Gasteiger partial charge in [0.05, 0.1) is 6.61 Å². The van der Waals surface area contributed by atoms with E-state index in [-0.39, 0.29) is 5.97 Å². The Balaban J connectivity index is 1.30. The van der Waals surface area contributed by atoms with E-state index in [0.717, 1.165) is 58.1 Å². The summed E-state index contributed by atoms with van der Waals surface area (Å²) in [5.74, 6) is -0.242. The minimum Gasteiger partial charge on any atom is -0.466 e. The third kappa shape index (κ3) is 7.62. The lowest BCUT2D eigenvalue weighted by Gasteiger charge is -2.28. The van der Waals surface area contributed by atoms with Gasteiger partial charge in [-0.1, -0.05) is 96.1 Å². The third-order valence-electron chi connectivity index (χ3n) is 8.31. The molecule has 0 saturated carbocycles. The third-order valence-corrected chi connectivity index (χ3v) is 8.31. The number of hydrogen-bond donors (Lipinski definition) is 0. The van der Waals surface area contributed by atoms with Gasteiger partial charge in [-0.25, -0.2) is 0 Å². The zero-order chi connectivity index (χ0) is 32.6. The van der Waals surface area contributed by atoms with Crippen LogP contribution < -0.4 is 9.80 Å². The molecule has 0 aromatic heterocycles. The van der Waals surface area contributed by atoms with E-state index in [1.54, 1.807) is 0 Å². The molecule has 0 bridgehead atoms. The summed E-state index contributed by atoms with van der Waals surface area (Å²) in [4.78, 5) is 15.9. The van der Waals surface area contributed by atoms with Gasteiger partial charge in [0, 0.05) is 41.0 Å². The zero-order valence-electron chi connectivity index (χ0n) is 27.3. The Morgan fingerprint density at radius 3 is 1.45 bits per heavy atom. The summed E-state index contributed by atoms with van der Waals surface area (Å²) in [6, 6.07) is 53.8. The van der Waals surface area contributed by atoms with Crippen LogP contribution in [0.25, 0.3) is 11.1 Å². The standard InChI is InChI=1S/C43H40N2O2/c1-32-15-23-39(24-16-32)44(38-12-5-4-6-13-38)40-27-19-35(20-28-40)36-21-29-42(30-22-36)45(41-25-17-33(2)18-26-41)43-14-8-7-10-37(43)11-9-31-47-34(3)46/h4-8,10,12-30H,9,11,31H2,1-3H3. The van der Waals surface area contributed by atoms with Crippen LogP contribution in [0.1, 0.15) is 30.0 Å². The second-order valence-electron chi connectivity index (χ2n) is 11.8. The number of para-hydroxylation sites is 2. The largest absolute Gasteiger partial charge is 0.466 e. The molecule has 0 spiro atoms. The number of benzene rings is 6. The molecule has 6 rings (SSSR count). The molecular weight excluding hydrogens is 576 g/mol. The van der Waals surface area contributed by atoms with E-state index in [0.29, 0.717) is 6.61 Å². The highest BCUT2D eigenvalue weighted by molar-refractivity contribution is 5.81. The van der Waals surface area contributed by atoms with Crippen LogP contribution in [0.4, 0.5) is 34.1 Å². The first-order valence-corrected chi connectivity index (χ1v) is 16.2. The molecule has 6 aromatic rings. The quantitative estimate of drug-likeness (QED) is 0.107. The summed E-state index contributed by atoms with van der Waals surface area (Å²) in [6.07, 6.45) is 1.57. The lowest BCUT2D eigenvalue weighted by Crippen LogP contribution is -2.12. The van der Waals surface area contributed by atoms with Crippen molar-refractivity contribution >= 4 is 40.1 Å². The lowest BCUT2D eigenvalue weighted by atomic mass is 10.0. The topological polar surface area (TPSA) is 32.8 Å². The van der Waals surface area contributed by atoms with Gasteiger partial charge in [-0.3, -0.25) is 4.79 Å². The predicted octanol–water partition coefficient (Wildman–Crippen LogP) is 11.4. The van der Waals surface area contributed by atoms with E-state index in [4.69, 9.17) is 4.74 Å². The Kier molecular flexibility index (Phi) is 9.78. The number of carbonyl (C=O) groups is 1. The molecule has 0 amide bonds. The molecule has 6 aromatic carbocycles. The molecule has 0 N–H and O–H groups in total. The summed E-state index contributed by atoms with van der Waals surface area (Å²) in [5, 5.41) is 0. The summed E-state index contributed by atoms with van der Waals surface area (Å²) >= 11 is 0. The average molecular weight is 617 g/mol. The van der Waals surface area contributed by atoms with Gasteiger partial charge in [0.15, 0.2) is 0 Å². The fourth-order valence-electron chi connectivity index (χ4n) is 5.86. The van der Waals surface area contributed by atoms with Crippen molar-refractivity contribution in [3.63, 3.8) is 0 Å². The molecule has 4 nitrogen and oxygen atoms in total. The van der Waals surface area contributed by atoms with Gasteiger partial charge >= 0.3 is 5.97 Å². The molecule has 0 radical (unpaired) electrons. The first-order chi connectivity index (χ1) is 23.0. The van der Waals surface area contributed by atoms with Crippen molar-refractivity contribution in [3.05, 3.63) is 168 Å². The van der Waals surface area contributed by atoms with Crippen molar-refractivity contribution in [2.24, 2.45) is 0 Å². The Labute approximate surface area is 278 Å². The van der Waals surface area contributed by atoms with Crippen LogP contribution >= 0.6 is 0 Å². The molecule has 0 atom stereocenters. The van der Waals surface area contributed by atoms with E-state index in [9.17, 15) is 4.79 Å². The maximum Gasteiger partial charge on any atom is 0.302 e. The van der Waals surface area contributed by atoms with Crippen LogP contribution in [-0.4, -0.2) is 12.6 Å². The van der Waals surface area contributed by atoms with Gasteiger partial charge in [0.25, 0.3) is 0 Å². The fraction of sp³-hybridized carbons (Fsp3) is 0.140. The summed E-state index contributed by atoms with van der Waals surface area (Å²) in [5.41, 5.74) is 12.6. The van der Waals surface area contributed by atoms with Crippen LogP contribution in [0.5, 0.6) is 0 Å². The predicted molar refractivity (Wildman–Crippen MR) is 196 cm³/mol. The number of esters is 1. The van der Waals surface area contributed by atoms with Gasteiger partial charge in [0.1, 0.15) is 0 Å². The maximum atomic E-state index is 11.3. The van der Waals surface area contributed by atoms with Crippen molar-refractivity contribution in [3.8, 4) is 11.1 Å². The summed E-state index contributed by atoms with van der Waals surface area (Å²) < 4.78 is 5.22. The summed E-state index contributed by atoms with van der Waals surface area (Å²) in [7, 11) is 0. The van der Waals surface area contributed by atoms with Crippen molar-refractivity contribution in [1.29, 1.82) is 0 Å². The first kappa shape index (κ1) is 31.4. The SMILES string of the molecule is CC(=O)OCCCc1ccccc1N(c1ccc(C)cc1)c1ccc(-c2ccc(N(c3ccccc3)c3ccc(C)cc3)cc2)cc1. The number of anilines is 6. The molecule has 4 heteroatoms. The fourth-order valence-corrected chi connectivity index (χ4v) is 5.86. The molecule has 0 aliphatic rings. The van der Waals surface area contributed by atoms with Crippen LogP contribution in [0.3, 0.4) is 0 Å². The Morgan fingerprint density at radius 1 is 0.511 bits per heavy atom. The van der Waals surface area contributed by atoms with E-state index >= 15 is 0 Å². The second-order valence-corrected chi connectivity index (χ2v) is 11.8. The molecule has 234 valence electrons. The van der Waals surface area contributed by atoms with E-state index < -0.39 is 0 Å². The molecule has 0 saturated heterocycles. The monoisotopic (exact) mass is 616 g/mol. The van der Waals surface area contributed by atoms with Crippen molar-refractivity contribution in [2.75, 3.05) is 16.4 Å². The molecular formula is C43H40N2O2. The number of carbonyl (C=O) groups excluding carboxylic acids is 1. The summed E-state index contributed by atoms with van der Waals surface area (Å²) in [6.45, 7) is 6.09. The van der Waals surface area contributed by atoms with Crippen molar-refractivity contribution in [1.82, 2.24) is 0 Å². The molecule has 0 unspecified atom stereocenters. The Bertz CT molecular complexity index is 1900.